The monoisotopic (exact) mass is 600 g/mol. The number of hydrogen-bond acceptors (Lipinski definition) is 8. The number of thiazole rings is 1. The fourth-order valence-corrected chi connectivity index (χ4v) is 5.58. The first kappa shape index (κ1) is 30.6. The molecule has 0 spiro atoms. The van der Waals surface area contributed by atoms with E-state index in [2.05, 4.69) is 5.32 Å². The van der Waals surface area contributed by atoms with E-state index in [9.17, 15) is 14.4 Å². The minimum atomic E-state index is -0.679. The summed E-state index contributed by atoms with van der Waals surface area (Å²) >= 11 is 2.62. The van der Waals surface area contributed by atoms with Crippen LogP contribution in [0, 0.1) is 0 Å². The number of Topliss-reactive ketones (excluding diaryl/α,β-unsaturated/α-hetero) is 1. The molecule has 7 nitrogen and oxygen atoms in total. The Balaban J connectivity index is 1.51. The number of nitrogens with zero attached hydrogens (tertiary/aromatic N) is 1. The molecule has 2 heterocycles. The number of ketones is 1. The van der Waals surface area contributed by atoms with Crippen molar-refractivity contribution in [1.82, 2.24) is 10.3 Å². The highest BCUT2D eigenvalue weighted by molar-refractivity contribution is 7.13. The fraction of sp³-hybridized carbons (Fsp3) is 0.212. The van der Waals surface area contributed by atoms with Crippen LogP contribution in [-0.4, -0.2) is 29.3 Å². The normalized spacial score (nSPS) is 12.5. The van der Waals surface area contributed by atoms with Crippen LogP contribution in [0.3, 0.4) is 0 Å². The first-order chi connectivity index (χ1) is 20.3. The van der Waals surface area contributed by atoms with Gasteiger partial charge in [0.05, 0.1) is 23.2 Å². The van der Waals surface area contributed by atoms with Gasteiger partial charge in [0, 0.05) is 11.0 Å². The molecule has 0 saturated heterocycles. The third kappa shape index (κ3) is 8.83. The SMILES string of the molecule is CCOC(=O)/C(C)=C\C(C)=C\c1csc([C@H](Cc2ccc(OCc3ccccc3)cc2)NC(=O)C(=O)c2cccs2)n1. The number of benzene rings is 2. The Kier molecular flexibility index (Phi) is 11.0. The van der Waals surface area contributed by atoms with Gasteiger partial charge in [0.1, 0.15) is 17.4 Å². The van der Waals surface area contributed by atoms with Crippen molar-refractivity contribution in [2.24, 2.45) is 0 Å². The maximum atomic E-state index is 13.0. The maximum absolute atomic E-state index is 13.0. The van der Waals surface area contributed by atoms with Crippen LogP contribution in [0.4, 0.5) is 0 Å². The van der Waals surface area contributed by atoms with E-state index >= 15 is 0 Å². The van der Waals surface area contributed by atoms with Gasteiger partial charge in [-0.25, -0.2) is 9.78 Å². The second-order valence-corrected chi connectivity index (χ2v) is 11.3. The van der Waals surface area contributed by atoms with Crippen LogP contribution in [0.5, 0.6) is 5.75 Å². The average Bonchev–Trinajstić information content (AvgIpc) is 3.69. The molecule has 0 radical (unpaired) electrons. The van der Waals surface area contributed by atoms with E-state index < -0.39 is 17.7 Å². The van der Waals surface area contributed by atoms with E-state index in [1.54, 1.807) is 37.4 Å². The molecule has 9 heteroatoms. The Bertz CT molecular complexity index is 1560. The predicted molar refractivity (Wildman–Crippen MR) is 167 cm³/mol. The largest absolute Gasteiger partial charge is 0.489 e. The maximum Gasteiger partial charge on any atom is 0.333 e. The predicted octanol–water partition coefficient (Wildman–Crippen LogP) is 6.98. The van der Waals surface area contributed by atoms with Gasteiger partial charge in [-0.15, -0.1) is 22.7 Å². The fourth-order valence-electron chi connectivity index (χ4n) is 4.09. The van der Waals surface area contributed by atoms with Crippen molar-refractivity contribution in [2.45, 2.75) is 39.8 Å². The van der Waals surface area contributed by atoms with Gasteiger partial charge in [-0.2, -0.15) is 0 Å². The third-order valence-electron chi connectivity index (χ3n) is 6.12. The molecule has 1 atom stereocenters. The molecule has 0 aliphatic heterocycles. The van der Waals surface area contributed by atoms with Crippen molar-refractivity contribution in [3.05, 3.63) is 121 Å². The number of carbonyl (C=O) groups excluding carboxylic acids is 3. The lowest BCUT2D eigenvalue weighted by atomic mass is 10.1. The molecule has 0 aliphatic carbocycles. The minimum absolute atomic E-state index is 0.313. The summed E-state index contributed by atoms with van der Waals surface area (Å²) in [6, 6.07) is 20.5. The minimum Gasteiger partial charge on any atom is -0.489 e. The summed E-state index contributed by atoms with van der Waals surface area (Å²) in [5, 5.41) is 7.21. The number of hydrogen-bond donors (Lipinski definition) is 1. The van der Waals surface area contributed by atoms with Crippen molar-refractivity contribution in [3.63, 3.8) is 0 Å². The quantitative estimate of drug-likeness (QED) is 0.0585. The summed E-state index contributed by atoms with van der Waals surface area (Å²) < 4.78 is 11.0. The molecule has 0 saturated carbocycles. The van der Waals surface area contributed by atoms with E-state index in [0.717, 1.165) is 22.4 Å². The van der Waals surface area contributed by atoms with E-state index in [-0.39, 0.29) is 5.97 Å². The Labute approximate surface area is 253 Å². The number of allylic oxidation sites excluding steroid dienone is 2. The lowest BCUT2D eigenvalue weighted by Gasteiger charge is -2.16. The number of thiophene rings is 1. The second kappa shape index (κ2) is 15.0. The summed E-state index contributed by atoms with van der Waals surface area (Å²) in [7, 11) is 0. The van der Waals surface area contributed by atoms with Crippen LogP contribution >= 0.6 is 22.7 Å². The van der Waals surface area contributed by atoms with E-state index in [0.29, 0.717) is 40.8 Å². The van der Waals surface area contributed by atoms with Crippen molar-refractivity contribution in [1.29, 1.82) is 0 Å². The lowest BCUT2D eigenvalue weighted by Crippen LogP contribution is -2.35. The van der Waals surface area contributed by atoms with Crippen LogP contribution in [0.15, 0.2) is 94.7 Å². The van der Waals surface area contributed by atoms with Gasteiger partial charge in [-0.05, 0) is 79.6 Å². The number of nitrogens with one attached hydrogen (secondary N) is 1. The number of ether oxygens (including phenoxy) is 2. The average molecular weight is 601 g/mol. The molecule has 0 bridgehead atoms. The van der Waals surface area contributed by atoms with Crippen molar-refractivity contribution in [3.8, 4) is 5.75 Å². The lowest BCUT2D eigenvalue weighted by molar-refractivity contribution is -0.138. The van der Waals surface area contributed by atoms with E-state index in [1.165, 1.54) is 22.7 Å². The first-order valence-corrected chi connectivity index (χ1v) is 15.2. The summed E-state index contributed by atoms with van der Waals surface area (Å²) in [4.78, 5) is 42.8. The topological polar surface area (TPSA) is 94.6 Å². The second-order valence-electron chi connectivity index (χ2n) is 9.50. The molecule has 1 amide bonds. The van der Waals surface area contributed by atoms with Crippen LogP contribution in [0.2, 0.25) is 0 Å². The first-order valence-electron chi connectivity index (χ1n) is 13.5. The zero-order chi connectivity index (χ0) is 29.9. The van der Waals surface area contributed by atoms with Crippen LogP contribution < -0.4 is 10.1 Å². The number of esters is 1. The standard InChI is InChI=1S/C33H32N2O5S2/c1-4-39-33(38)23(3)17-22(2)18-26-21-42-32(34-26)28(35-31(37)30(36)29-11-8-16-41-29)19-24-12-14-27(15-13-24)40-20-25-9-6-5-7-10-25/h5-18,21,28H,4,19-20H2,1-3H3,(H,35,37)/b22-18+,23-17-/t28-/m0/s1. The number of carbonyl (C=O) groups is 3. The highest BCUT2D eigenvalue weighted by atomic mass is 32.1. The molecule has 0 unspecified atom stereocenters. The van der Waals surface area contributed by atoms with E-state index in [1.807, 2.05) is 73.0 Å². The summed E-state index contributed by atoms with van der Waals surface area (Å²) in [5.74, 6) is -0.883. The summed E-state index contributed by atoms with van der Waals surface area (Å²) in [6.45, 7) is 6.13. The van der Waals surface area contributed by atoms with E-state index in [4.69, 9.17) is 14.5 Å². The third-order valence-corrected chi connectivity index (χ3v) is 7.97. The smallest absolute Gasteiger partial charge is 0.333 e. The number of rotatable bonds is 13. The summed E-state index contributed by atoms with van der Waals surface area (Å²) in [6.07, 6.45) is 4.04. The van der Waals surface area contributed by atoms with Crippen LogP contribution in [0.1, 0.15) is 58.3 Å². The van der Waals surface area contributed by atoms with Gasteiger partial charge < -0.3 is 14.8 Å². The van der Waals surface area contributed by atoms with Crippen molar-refractivity contribution in [2.75, 3.05) is 6.61 Å². The molecule has 4 rings (SSSR count). The molecular formula is C33H32N2O5S2. The Morgan fingerprint density at radius 1 is 0.952 bits per heavy atom. The highest BCUT2D eigenvalue weighted by Crippen LogP contribution is 2.25. The number of amides is 1. The molecule has 216 valence electrons. The molecule has 0 aliphatic rings. The zero-order valence-electron chi connectivity index (χ0n) is 23.7. The van der Waals surface area contributed by atoms with Gasteiger partial charge in [0.25, 0.3) is 11.7 Å². The molecule has 42 heavy (non-hydrogen) atoms. The Morgan fingerprint density at radius 2 is 1.71 bits per heavy atom. The molecule has 2 aromatic heterocycles. The highest BCUT2D eigenvalue weighted by Gasteiger charge is 2.24. The Morgan fingerprint density at radius 3 is 2.40 bits per heavy atom. The summed E-state index contributed by atoms with van der Waals surface area (Å²) in [5.41, 5.74) is 4.04. The van der Waals surface area contributed by atoms with Gasteiger partial charge in [-0.3, -0.25) is 9.59 Å². The zero-order valence-corrected chi connectivity index (χ0v) is 25.3. The van der Waals surface area contributed by atoms with Gasteiger partial charge in [0.2, 0.25) is 0 Å². The van der Waals surface area contributed by atoms with Gasteiger partial charge >= 0.3 is 5.97 Å². The van der Waals surface area contributed by atoms with Crippen molar-refractivity contribution < 1.29 is 23.9 Å². The molecule has 1 N–H and O–H groups in total. The van der Waals surface area contributed by atoms with Crippen LogP contribution in [0.25, 0.3) is 6.08 Å². The van der Waals surface area contributed by atoms with Gasteiger partial charge in [-0.1, -0.05) is 48.5 Å². The molecule has 4 aromatic rings. The molecular weight excluding hydrogens is 569 g/mol. The van der Waals surface area contributed by atoms with Crippen molar-refractivity contribution >= 4 is 46.4 Å². The Hall–Kier alpha value is -4.34. The number of aromatic nitrogens is 1. The van der Waals surface area contributed by atoms with Gasteiger partial charge in [0.15, 0.2) is 0 Å². The molecule has 0 fully saturated rings. The molecule has 2 aromatic carbocycles. The van der Waals surface area contributed by atoms with Crippen LogP contribution in [-0.2, 0) is 27.4 Å².